The van der Waals surface area contributed by atoms with Gasteiger partial charge in [0.15, 0.2) is 6.10 Å². The standard InChI is InChI=1S/C8H16O7/c1-2-15-8(14)7(13)6(12)5(11)4(10)3-9/h4-7,9-13H,2-3H2,1H3/t4-,5-,6+,7-/m1/s1/i1D. The summed E-state index contributed by atoms with van der Waals surface area (Å²) in [5, 5.41) is 45.0. The summed E-state index contributed by atoms with van der Waals surface area (Å²) in [5.41, 5.74) is 0. The number of carbonyl (C=O) groups is 1. The molecule has 0 aromatic heterocycles. The molecule has 0 aliphatic carbocycles. The maximum absolute atomic E-state index is 11.0. The summed E-state index contributed by atoms with van der Waals surface area (Å²) in [7, 11) is 0. The first-order chi connectivity index (χ1) is 7.45. The van der Waals surface area contributed by atoms with Crippen LogP contribution < -0.4 is 0 Å². The van der Waals surface area contributed by atoms with Crippen LogP contribution in [0.4, 0.5) is 0 Å². The van der Waals surface area contributed by atoms with E-state index in [-0.39, 0.29) is 13.5 Å². The van der Waals surface area contributed by atoms with Crippen LogP contribution >= 0.6 is 0 Å². The first-order valence-electron chi connectivity index (χ1n) is 4.95. The Morgan fingerprint density at radius 2 is 1.93 bits per heavy atom. The second-order valence-electron chi connectivity index (χ2n) is 2.84. The van der Waals surface area contributed by atoms with Crippen molar-refractivity contribution in [1.82, 2.24) is 0 Å². The predicted molar refractivity (Wildman–Crippen MR) is 47.7 cm³/mol. The minimum absolute atomic E-state index is 0.198. The van der Waals surface area contributed by atoms with E-state index in [1.54, 1.807) is 0 Å². The van der Waals surface area contributed by atoms with Gasteiger partial charge in [0.1, 0.15) is 18.3 Å². The first kappa shape index (κ1) is 12.3. The van der Waals surface area contributed by atoms with Crippen LogP contribution in [0, 0.1) is 0 Å². The lowest BCUT2D eigenvalue weighted by Crippen LogP contribution is -2.49. The summed E-state index contributed by atoms with van der Waals surface area (Å²) >= 11 is 0. The molecular formula is C8H16O7. The molecule has 0 aromatic rings. The lowest BCUT2D eigenvalue weighted by atomic mass is 10.0. The summed E-state index contributed by atoms with van der Waals surface area (Å²) < 4.78 is 11.0. The zero-order valence-corrected chi connectivity index (χ0v) is 7.98. The Balaban J connectivity index is 4.25. The molecule has 4 atom stereocenters. The van der Waals surface area contributed by atoms with Crippen LogP contribution in [0.5, 0.6) is 0 Å². The van der Waals surface area contributed by atoms with Gasteiger partial charge in [-0.05, 0) is 6.90 Å². The van der Waals surface area contributed by atoms with E-state index >= 15 is 0 Å². The Kier molecular flexibility index (Phi) is 5.51. The zero-order chi connectivity index (χ0) is 12.7. The Bertz CT molecular complexity index is 213. The molecule has 5 N–H and O–H groups in total. The van der Waals surface area contributed by atoms with E-state index in [1.165, 1.54) is 0 Å². The third kappa shape index (κ3) is 4.10. The largest absolute Gasteiger partial charge is 0.464 e. The van der Waals surface area contributed by atoms with Gasteiger partial charge in [0.25, 0.3) is 0 Å². The third-order valence-corrected chi connectivity index (χ3v) is 1.74. The van der Waals surface area contributed by atoms with Crippen LogP contribution in [0.2, 0.25) is 0 Å². The molecule has 0 saturated carbocycles. The van der Waals surface area contributed by atoms with Gasteiger partial charge in [0.2, 0.25) is 0 Å². The maximum Gasteiger partial charge on any atom is 0.337 e. The average Bonchev–Trinajstić information content (AvgIpc) is 2.31. The molecule has 0 spiro atoms. The summed E-state index contributed by atoms with van der Waals surface area (Å²) in [4.78, 5) is 11.0. The van der Waals surface area contributed by atoms with Crippen LogP contribution in [0.25, 0.3) is 0 Å². The van der Waals surface area contributed by atoms with E-state index in [2.05, 4.69) is 4.74 Å². The van der Waals surface area contributed by atoms with E-state index in [1.807, 2.05) is 0 Å². The summed E-state index contributed by atoms with van der Waals surface area (Å²) in [6.45, 7) is -1.27. The van der Waals surface area contributed by atoms with Crippen molar-refractivity contribution >= 4 is 5.97 Å². The SMILES string of the molecule is [2H]CCOC(=O)[C@H](O)[C@@H](O)[C@H](O)[C@H](O)CO. The monoisotopic (exact) mass is 225 g/mol. The first-order valence-corrected chi connectivity index (χ1v) is 4.24. The van der Waals surface area contributed by atoms with Crippen molar-refractivity contribution in [3.05, 3.63) is 0 Å². The van der Waals surface area contributed by atoms with Gasteiger partial charge in [-0.25, -0.2) is 4.79 Å². The number of ether oxygens (including phenoxy) is 1. The molecule has 7 nitrogen and oxygen atoms in total. The van der Waals surface area contributed by atoms with Crippen molar-refractivity contribution in [2.45, 2.75) is 31.3 Å². The smallest absolute Gasteiger partial charge is 0.337 e. The van der Waals surface area contributed by atoms with Crippen molar-refractivity contribution < 1.29 is 36.4 Å². The average molecular weight is 225 g/mol. The van der Waals surface area contributed by atoms with Gasteiger partial charge >= 0.3 is 5.97 Å². The summed E-state index contributed by atoms with van der Waals surface area (Å²) in [6, 6.07) is 0. The summed E-state index contributed by atoms with van der Waals surface area (Å²) in [5.74, 6) is -1.20. The number of aliphatic hydroxyl groups is 5. The molecule has 0 saturated heterocycles. The van der Waals surface area contributed by atoms with Crippen LogP contribution in [-0.4, -0.2) is 69.1 Å². The molecule has 0 aliphatic rings. The fourth-order valence-corrected chi connectivity index (χ4v) is 0.848. The van der Waals surface area contributed by atoms with Crippen LogP contribution in [0.1, 0.15) is 8.27 Å². The van der Waals surface area contributed by atoms with Crippen molar-refractivity contribution in [3.8, 4) is 0 Å². The molecule has 0 bridgehead atoms. The Labute approximate surface area is 87.9 Å². The Morgan fingerprint density at radius 1 is 1.33 bits per heavy atom. The van der Waals surface area contributed by atoms with E-state index in [0.717, 1.165) is 0 Å². The lowest BCUT2D eigenvalue weighted by molar-refractivity contribution is -0.169. The fraction of sp³-hybridized carbons (Fsp3) is 0.875. The highest BCUT2D eigenvalue weighted by Gasteiger charge is 2.34. The van der Waals surface area contributed by atoms with E-state index in [0.29, 0.717) is 0 Å². The van der Waals surface area contributed by atoms with E-state index in [9.17, 15) is 15.0 Å². The van der Waals surface area contributed by atoms with Gasteiger partial charge in [-0.1, -0.05) is 0 Å². The number of esters is 1. The molecule has 0 rings (SSSR count). The topological polar surface area (TPSA) is 127 Å². The number of hydrogen-bond donors (Lipinski definition) is 5. The second-order valence-corrected chi connectivity index (χ2v) is 2.84. The van der Waals surface area contributed by atoms with Crippen molar-refractivity contribution in [2.24, 2.45) is 0 Å². The molecule has 0 heterocycles. The van der Waals surface area contributed by atoms with Gasteiger partial charge in [0.05, 0.1) is 13.2 Å². The van der Waals surface area contributed by atoms with Crippen molar-refractivity contribution in [1.29, 1.82) is 0 Å². The zero-order valence-electron chi connectivity index (χ0n) is 8.98. The second kappa shape index (κ2) is 6.70. The van der Waals surface area contributed by atoms with E-state index < -0.39 is 37.0 Å². The number of carbonyl (C=O) groups excluding carboxylic acids is 1. The highest BCUT2D eigenvalue weighted by atomic mass is 16.5. The highest BCUT2D eigenvalue weighted by Crippen LogP contribution is 2.06. The van der Waals surface area contributed by atoms with Crippen LogP contribution in [-0.2, 0) is 9.53 Å². The summed E-state index contributed by atoms with van der Waals surface area (Å²) in [6.07, 6.45) is -7.56. The van der Waals surface area contributed by atoms with E-state index in [4.69, 9.17) is 16.7 Å². The van der Waals surface area contributed by atoms with Gasteiger partial charge in [-0.2, -0.15) is 0 Å². The molecule has 0 radical (unpaired) electrons. The minimum atomic E-state index is -2.04. The van der Waals surface area contributed by atoms with Gasteiger partial charge in [-0.3, -0.25) is 0 Å². The molecule has 0 unspecified atom stereocenters. The fourth-order valence-electron chi connectivity index (χ4n) is 0.848. The Hall–Kier alpha value is -0.730. The van der Waals surface area contributed by atoms with Crippen molar-refractivity contribution in [2.75, 3.05) is 13.2 Å². The molecule has 0 amide bonds. The normalized spacial score (nSPS) is 19.9. The molecule has 0 aliphatic heterocycles. The van der Waals surface area contributed by atoms with Crippen molar-refractivity contribution in [3.63, 3.8) is 0 Å². The molecule has 0 aromatic carbocycles. The third-order valence-electron chi connectivity index (χ3n) is 1.74. The lowest BCUT2D eigenvalue weighted by Gasteiger charge is -2.24. The van der Waals surface area contributed by atoms with Gasteiger partial charge < -0.3 is 30.3 Å². The quantitative estimate of drug-likeness (QED) is 0.304. The highest BCUT2D eigenvalue weighted by molar-refractivity contribution is 5.75. The number of rotatable bonds is 6. The Morgan fingerprint density at radius 3 is 2.40 bits per heavy atom. The number of aliphatic hydroxyl groups excluding tert-OH is 5. The molecule has 90 valence electrons. The van der Waals surface area contributed by atoms with Gasteiger partial charge in [-0.15, -0.1) is 0 Å². The maximum atomic E-state index is 11.0. The molecule has 15 heavy (non-hydrogen) atoms. The predicted octanol–water partition coefficient (Wildman–Crippen LogP) is -3.01. The van der Waals surface area contributed by atoms with Crippen LogP contribution in [0.3, 0.4) is 0 Å². The molecular weight excluding hydrogens is 208 g/mol. The minimum Gasteiger partial charge on any atom is -0.464 e. The molecule has 0 fully saturated rings. The number of hydrogen-bond acceptors (Lipinski definition) is 7. The van der Waals surface area contributed by atoms with Gasteiger partial charge in [0, 0.05) is 1.37 Å². The van der Waals surface area contributed by atoms with Crippen LogP contribution in [0.15, 0.2) is 0 Å². The molecule has 7 heteroatoms.